The summed E-state index contributed by atoms with van der Waals surface area (Å²) in [5, 5.41) is 9.46. The van der Waals surface area contributed by atoms with Gasteiger partial charge in [-0.2, -0.15) is 0 Å². The average molecular weight is 299 g/mol. The van der Waals surface area contributed by atoms with Crippen molar-refractivity contribution in [3.05, 3.63) is 66.2 Å². The number of ketones is 1. The van der Waals surface area contributed by atoms with Gasteiger partial charge in [0.2, 0.25) is 0 Å². The van der Waals surface area contributed by atoms with Crippen LogP contribution in [-0.4, -0.2) is 22.6 Å². The van der Waals surface area contributed by atoms with Crippen molar-refractivity contribution in [1.82, 2.24) is 0 Å². The van der Waals surface area contributed by atoms with E-state index in [1.807, 2.05) is 0 Å². The predicted molar refractivity (Wildman–Crippen MR) is 81.6 cm³/mol. The lowest BCUT2D eigenvalue weighted by molar-refractivity contribution is -0.158. The Morgan fingerprint density at radius 2 is 1.55 bits per heavy atom. The molecule has 0 bridgehead atoms. The Hall–Kier alpha value is -2.66. The third-order valence-electron chi connectivity index (χ3n) is 3.46. The van der Waals surface area contributed by atoms with Gasteiger partial charge in [-0.3, -0.25) is 10.5 Å². The molecule has 2 aromatic carbocycles. The van der Waals surface area contributed by atoms with Gasteiger partial charge in [-0.1, -0.05) is 48.5 Å². The standard InChI is InChI=1S/C17H17NO4/c1-12(15(19)13-8-4-2-5-9-13)17(18,16(20)21)22-14-10-6-3-7-11-14/h2-12H,18H2,1H3,(H,20,21). The highest BCUT2D eigenvalue weighted by molar-refractivity contribution is 6.01. The molecule has 0 aromatic heterocycles. The number of aliphatic carboxylic acids is 1. The zero-order valence-electron chi connectivity index (χ0n) is 12.1. The Morgan fingerprint density at radius 3 is 2.05 bits per heavy atom. The quantitative estimate of drug-likeness (QED) is 0.631. The van der Waals surface area contributed by atoms with Crippen LogP contribution in [0.5, 0.6) is 5.75 Å². The lowest BCUT2D eigenvalue weighted by atomic mass is 9.89. The largest absolute Gasteiger partial charge is 0.477 e. The van der Waals surface area contributed by atoms with E-state index in [2.05, 4.69) is 0 Å². The van der Waals surface area contributed by atoms with E-state index >= 15 is 0 Å². The van der Waals surface area contributed by atoms with Gasteiger partial charge in [0.15, 0.2) is 5.78 Å². The second-order valence-electron chi connectivity index (χ2n) is 4.97. The van der Waals surface area contributed by atoms with E-state index in [0.29, 0.717) is 11.3 Å². The number of ether oxygens (including phenoxy) is 1. The highest BCUT2D eigenvalue weighted by atomic mass is 16.5. The van der Waals surface area contributed by atoms with Crippen LogP contribution in [0.4, 0.5) is 0 Å². The molecule has 0 saturated heterocycles. The average Bonchev–Trinajstić information content (AvgIpc) is 2.55. The van der Waals surface area contributed by atoms with Gasteiger partial charge in [0.05, 0.1) is 5.92 Å². The molecule has 5 nitrogen and oxygen atoms in total. The normalized spacial score (nSPS) is 14.6. The molecule has 5 heteroatoms. The predicted octanol–water partition coefficient (Wildman–Crippen LogP) is 2.32. The topological polar surface area (TPSA) is 89.6 Å². The van der Waals surface area contributed by atoms with Crippen LogP contribution in [0.15, 0.2) is 60.7 Å². The van der Waals surface area contributed by atoms with E-state index in [9.17, 15) is 14.7 Å². The Bertz CT molecular complexity index is 657. The lowest BCUT2D eigenvalue weighted by Gasteiger charge is -2.30. The van der Waals surface area contributed by atoms with Crippen LogP contribution in [0.3, 0.4) is 0 Å². The number of carbonyl (C=O) groups excluding carboxylic acids is 1. The molecular formula is C17H17NO4. The second-order valence-corrected chi connectivity index (χ2v) is 4.97. The molecule has 2 aromatic rings. The Balaban J connectivity index is 2.30. The van der Waals surface area contributed by atoms with Crippen LogP contribution in [0.1, 0.15) is 17.3 Å². The highest BCUT2D eigenvalue weighted by Crippen LogP contribution is 2.24. The van der Waals surface area contributed by atoms with E-state index < -0.39 is 17.6 Å². The van der Waals surface area contributed by atoms with Gasteiger partial charge < -0.3 is 9.84 Å². The summed E-state index contributed by atoms with van der Waals surface area (Å²) in [5.74, 6) is -2.55. The molecule has 0 radical (unpaired) electrons. The molecule has 22 heavy (non-hydrogen) atoms. The molecule has 0 aliphatic heterocycles. The number of carboxylic acid groups (broad SMARTS) is 1. The molecule has 2 atom stereocenters. The van der Waals surface area contributed by atoms with Crippen LogP contribution < -0.4 is 10.5 Å². The first kappa shape index (κ1) is 15.7. The highest BCUT2D eigenvalue weighted by Gasteiger charge is 2.46. The number of benzene rings is 2. The molecule has 2 unspecified atom stereocenters. The van der Waals surface area contributed by atoms with Gasteiger partial charge >= 0.3 is 5.97 Å². The Morgan fingerprint density at radius 1 is 1.05 bits per heavy atom. The zero-order chi connectivity index (χ0) is 16.2. The van der Waals surface area contributed by atoms with Gasteiger partial charge in [-0.15, -0.1) is 0 Å². The van der Waals surface area contributed by atoms with Crippen LogP contribution in [0.2, 0.25) is 0 Å². The number of rotatable bonds is 6. The van der Waals surface area contributed by atoms with Crippen molar-refractivity contribution >= 4 is 11.8 Å². The number of carbonyl (C=O) groups is 2. The molecule has 0 fully saturated rings. The summed E-state index contributed by atoms with van der Waals surface area (Å²) in [6, 6.07) is 16.7. The molecule has 0 heterocycles. The number of carboxylic acids is 1. The number of para-hydroxylation sites is 1. The molecule has 0 aliphatic rings. The molecule has 0 spiro atoms. The molecular weight excluding hydrogens is 282 g/mol. The monoisotopic (exact) mass is 299 g/mol. The molecule has 3 N–H and O–H groups in total. The van der Waals surface area contributed by atoms with Crippen LogP contribution in [0, 0.1) is 5.92 Å². The fourth-order valence-corrected chi connectivity index (χ4v) is 2.05. The van der Waals surface area contributed by atoms with Gasteiger partial charge in [-0.05, 0) is 19.1 Å². The van der Waals surface area contributed by atoms with Crippen LogP contribution >= 0.6 is 0 Å². The van der Waals surface area contributed by atoms with Gasteiger partial charge in [0.1, 0.15) is 5.75 Å². The van der Waals surface area contributed by atoms with Crippen molar-refractivity contribution in [2.75, 3.05) is 0 Å². The molecule has 2 rings (SSSR count). The number of nitrogens with two attached hydrogens (primary N) is 1. The summed E-state index contributed by atoms with van der Waals surface area (Å²) in [6.07, 6.45) is 0. The van der Waals surface area contributed by atoms with E-state index in [1.165, 1.54) is 6.92 Å². The van der Waals surface area contributed by atoms with Crippen molar-refractivity contribution in [2.24, 2.45) is 11.7 Å². The molecule has 0 aliphatic carbocycles. The Labute approximate surface area is 128 Å². The third-order valence-corrected chi connectivity index (χ3v) is 3.46. The van der Waals surface area contributed by atoms with Gasteiger partial charge in [0.25, 0.3) is 5.72 Å². The van der Waals surface area contributed by atoms with Crippen LogP contribution in [0.25, 0.3) is 0 Å². The summed E-state index contributed by atoms with van der Waals surface area (Å²) in [7, 11) is 0. The maximum absolute atomic E-state index is 12.5. The van der Waals surface area contributed by atoms with Crippen molar-refractivity contribution in [1.29, 1.82) is 0 Å². The molecule has 0 saturated carbocycles. The number of Topliss-reactive ketones (excluding diaryl/α,β-unsaturated/α-hetero) is 1. The van der Waals surface area contributed by atoms with Gasteiger partial charge in [0, 0.05) is 5.56 Å². The fourth-order valence-electron chi connectivity index (χ4n) is 2.05. The maximum atomic E-state index is 12.5. The summed E-state index contributed by atoms with van der Waals surface area (Å²) < 4.78 is 5.43. The fraction of sp³-hybridized carbons (Fsp3) is 0.176. The summed E-state index contributed by atoms with van der Waals surface area (Å²) in [6.45, 7) is 1.45. The third kappa shape index (κ3) is 3.15. The minimum absolute atomic E-state index is 0.292. The van der Waals surface area contributed by atoms with Crippen molar-refractivity contribution in [2.45, 2.75) is 12.6 Å². The van der Waals surface area contributed by atoms with E-state index in [-0.39, 0.29) is 5.78 Å². The van der Waals surface area contributed by atoms with E-state index in [1.54, 1.807) is 60.7 Å². The van der Waals surface area contributed by atoms with E-state index in [4.69, 9.17) is 10.5 Å². The number of hydrogen-bond donors (Lipinski definition) is 2. The first-order chi connectivity index (χ1) is 10.4. The minimum atomic E-state index is -2.14. The zero-order valence-corrected chi connectivity index (χ0v) is 12.1. The van der Waals surface area contributed by atoms with Crippen molar-refractivity contribution in [3.8, 4) is 5.75 Å². The van der Waals surface area contributed by atoms with E-state index in [0.717, 1.165) is 0 Å². The maximum Gasteiger partial charge on any atom is 0.364 e. The summed E-state index contributed by atoms with van der Waals surface area (Å²) in [4.78, 5) is 24.1. The minimum Gasteiger partial charge on any atom is -0.477 e. The summed E-state index contributed by atoms with van der Waals surface area (Å²) >= 11 is 0. The molecule has 114 valence electrons. The van der Waals surface area contributed by atoms with Gasteiger partial charge in [-0.25, -0.2) is 4.79 Å². The van der Waals surface area contributed by atoms with Crippen LogP contribution in [-0.2, 0) is 4.79 Å². The summed E-state index contributed by atoms with van der Waals surface area (Å²) in [5.41, 5.74) is 4.16. The second kappa shape index (κ2) is 6.41. The first-order valence-corrected chi connectivity index (χ1v) is 6.80. The SMILES string of the molecule is CC(C(=O)c1ccccc1)C(N)(Oc1ccccc1)C(=O)O. The number of hydrogen-bond acceptors (Lipinski definition) is 4. The smallest absolute Gasteiger partial charge is 0.364 e. The lowest BCUT2D eigenvalue weighted by Crippen LogP contribution is -2.60. The van der Waals surface area contributed by atoms with Crippen molar-refractivity contribution < 1.29 is 19.4 Å². The first-order valence-electron chi connectivity index (χ1n) is 6.80. The molecule has 0 amide bonds. The van der Waals surface area contributed by atoms with Crippen molar-refractivity contribution in [3.63, 3.8) is 0 Å². The Kier molecular flexibility index (Phi) is 4.58.